The molecule has 0 fully saturated rings. The molecule has 1 aromatic carbocycles. The molecule has 4 rings (SSSR count). The van der Waals surface area contributed by atoms with Crippen LogP contribution in [0.1, 0.15) is 16.1 Å². The van der Waals surface area contributed by atoms with E-state index in [0.29, 0.717) is 27.5 Å². The fraction of sp³-hybridized carbons (Fsp3) is 0. The maximum absolute atomic E-state index is 12.2. The molecular weight excluding hydrogens is 298 g/mol. The van der Waals surface area contributed by atoms with Crippen LogP contribution in [0.5, 0.6) is 0 Å². The van der Waals surface area contributed by atoms with Gasteiger partial charge in [0.05, 0.1) is 0 Å². The van der Waals surface area contributed by atoms with Gasteiger partial charge in [-0.15, -0.1) is 10.2 Å². The number of carbonyl (C=O) groups excluding carboxylic acids is 1. The second kappa shape index (κ2) is 3.20. The van der Waals surface area contributed by atoms with E-state index in [2.05, 4.69) is 36.2 Å². The van der Waals surface area contributed by atoms with Crippen LogP contribution in [-0.4, -0.2) is 30.6 Å². The van der Waals surface area contributed by atoms with Crippen LogP contribution in [0.4, 0.5) is 0 Å². The van der Waals surface area contributed by atoms with E-state index in [4.69, 9.17) is 0 Å². The van der Waals surface area contributed by atoms with Gasteiger partial charge in [-0.05, 0) is 15.9 Å². The van der Waals surface area contributed by atoms with Gasteiger partial charge >= 0.3 is 0 Å². The quantitative estimate of drug-likeness (QED) is 0.492. The summed E-state index contributed by atoms with van der Waals surface area (Å²) >= 11 is 3.23. The zero-order valence-electron chi connectivity index (χ0n) is 8.83. The van der Waals surface area contributed by atoms with E-state index in [-0.39, 0.29) is 5.78 Å². The van der Waals surface area contributed by atoms with Crippen molar-refractivity contribution in [2.75, 3.05) is 0 Å². The van der Waals surface area contributed by atoms with Gasteiger partial charge in [0.25, 0.3) is 5.78 Å². The molecule has 0 radical (unpaired) electrons. The molecule has 0 atom stereocenters. The number of hydrogen-bond donors (Lipinski definition) is 0. The number of halogens is 1. The van der Waals surface area contributed by atoms with Crippen LogP contribution in [0.2, 0.25) is 0 Å². The lowest BCUT2D eigenvalue weighted by atomic mass is 10.1. The summed E-state index contributed by atoms with van der Waals surface area (Å²) in [7, 11) is 0. The minimum atomic E-state index is -0.116. The minimum absolute atomic E-state index is 0.116. The average Bonchev–Trinajstić information content (AvgIpc) is 2.90. The molecule has 0 spiro atoms. The van der Waals surface area contributed by atoms with Crippen molar-refractivity contribution in [1.82, 2.24) is 24.8 Å². The summed E-state index contributed by atoms with van der Waals surface area (Å²) in [5.74, 6) is 0.191. The standard InChI is InChI=1S/C11H4BrN5O/c12-10-14-15-11-13-8-7(16-17(10)11)5-3-1-2-4-6(5)9(8)18/h1-4H. The van der Waals surface area contributed by atoms with Crippen LogP contribution in [0, 0.1) is 0 Å². The topological polar surface area (TPSA) is 73.0 Å². The first-order chi connectivity index (χ1) is 8.75. The lowest BCUT2D eigenvalue weighted by molar-refractivity contribution is 0.103. The second-order valence-electron chi connectivity index (χ2n) is 3.86. The fourth-order valence-corrected chi connectivity index (χ4v) is 2.38. The molecule has 0 N–H and O–H groups in total. The number of carbonyl (C=O) groups is 1. The third kappa shape index (κ3) is 1.09. The first-order valence-corrected chi connectivity index (χ1v) is 5.98. The normalized spacial score (nSPS) is 12.8. The molecule has 1 aliphatic rings. The van der Waals surface area contributed by atoms with Gasteiger partial charge in [-0.3, -0.25) is 4.79 Å². The maximum Gasteiger partial charge on any atom is 0.273 e. The molecular formula is C11H4BrN5O. The Balaban J connectivity index is 2.15. The van der Waals surface area contributed by atoms with E-state index in [1.807, 2.05) is 18.2 Å². The first kappa shape index (κ1) is 9.84. The highest BCUT2D eigenvalue weighted by Crippen LogP contribution is 2.33. The van der Waals surface area contributed by atoms with Crippen LogP contribution in [0.15, 0.2) is 29.0 Å². The summed E-state index contributed by atoms with van der Waals surface area (Å²) in [6, 6.07) is 7.33. The molecule has 1 aliphatic carbocycles. The Labute approximate surface area is 109 Å². The van der Waals surface area contributed by atoms with Gasteiger partial charge in [-0.1, -0.05) is 24.3 Å². The van der Waals surface area contributed by atoms with Gasteiger partial charge in [-0.25, -0.2) is 4.98 Å². The molecule has 0 bridgehead atoms. The number of aromatic nitrogens is 5. The summed E-state index contributed by atoms with van der Waals surface area (Å²) in [6.45, 7) is 0. The van der Waals surface area contributed by atoms with Crippen molar-refractivity contribution in [3.05, 3.63) is 40.3 Å². The molecule has 86 valence electrons. The summed E-state index contributed by atoms with van der Waals surface area (Å²) in [4.78, 5) is 16.4. The van der Waals surface area contributed by atoms with Gasteiger partial charge < -0.3 is 0 Å². The lowest BCUT2D eigenvalue weighted by Gasteiger charge is -1.98. The van der Waals surface area contributed by atoms with Gasteiger partial charge in [0, 0.05) is 11.1 Å². The summed E-state index contributed by atoms with van der Waals surface area (Å²) in [5, 5.41) is 12.0. The maximum atomic E-state index is 12.2. The van der Waals surface area contributed by atoms with Crippen molar-refractivity contribution in [3.63, 3.8) is 0 Å². The number of ketones is 1. The second-order valence-corrected chi connectivity index (χ2v) is 4.57. The molecule has 0 amide bonds. The van der Waals surface area contributed by atoms with Gasteiger partial charge in [0.15, 0.2) is 0 Å². The molecule has 0 saturated carbocycles. The number of fused-ring (bicyclic) bond motifs is 4. The van der Waals surface area contributed by atoms with E-state index < -0.39 is 0 Å². The largest absolute Gasteiger partial charge is 0.287 e. The van der Waals surface area contributed by atoms with Gasteiger partial charge in [-0.2, -0.15) is 9.61 Å². The van der Waals surface area contributed by atoms with Crippen LogP contribution in [0.3, 0.4) is 0 Å². The summed E-state index contributed by atoms with van der Waals surface area (Å²) < 4.78 is 1.93. The first-order valence-electron chi connectivity index (χ1n) is 5.19. The monoisotopic (exact) mass is 301 g/mol. The van der Waals surface area contributed by atoms with Crippen LogP contribution in [0.25, 0.3) is 17.0 Å². The predicted molar refractivity (Wildman–Crippen MR) is 65.1 cm³/mol. The van der Waals surface area contributed by atoms with Gasteiger partial charge in [0.1, 0.15) is 11.4 Å². The Morgan fingerprint density at radius 3 is 2.67 bits per heavy atom. The van der Waals surface area contributed by atoms with Crippen molar-refractivity contribution in [3.8, 4) is 11.3 Å². The molecule has 2 heterocycles. The van der Waals surface area contributed by atoms with Crippen molar-refractivity contribution < 1.29 is 4.79 Å². The van der Waals surface area contributed by atoms with Crippen LogP contribution < -0.4 is 0 Å². The Hall–Kier alpha value is -2.15. The van der Waals surface area contributed by atoms with Crippen molar-refractivity contribution >= 4 is 27.5 Å². The minimum Gasteiger partial charge on any atom is -0.287 e. The van der Waals surface area contributed by atoms with Crippen LogP contribution in [-0.2, 0) is 0 Å². The Morgan fingerprint density at radius 1 is 1.06 bits per heavy atom. The van der Waals surface area contributed by atoms with E-state index in [0.717, 1.165) is 5.56 Å². The molecule has 18 heavy (non-hydrogen) atoms. The molecule has 2 aromatic heterocycles. The molecule has 3 aromatic rings. The van der Waals surface area contributed by atoms with E-state index in [9.17, 15) is 4.79 Å². The van der Waals surface area contributed by atoms with E-state index >= 15 is 0 Å². The molecule has 0 aliphatic heterocycles. The molecule has 0 unspecified atom stereocenters. The average molecular weight is 302 g/mol. The molecule has 7 heteroatoms. The highest BCUT2D eigenvalue weighted by atomic mass is 79.9. The Morgan fingerprint density at radius 2 is 1.83 bits per heavy atom. The van der Waals surface area contributed by atoms with Crippen molar-refractivity contribution in [2.24, 2.45) is 0 Å². The highest BCUT2D eigenvalue weighted by Gasteiger charge is 2.30. The molecule has 6 nitrogen and oxygen atoms in total. The number of nitrogens with zero attached hydrogens (tertiary/aromatic N) is 5. The number of hydrogen-bond acceptors (Lipinski definition) is 5. The third-order valence-corrected chi connectivity index (χ3v) is 3.36. The Kier molecular flexibility index (Phi) is 1.75. The predicted octanol–water partition coefficient (Wildman–Crippen LogP) is 1.49. The number of benzene rings is 1. The van der Waals surface area contributed by atoms with E-state index in [1.54, 1.807) is 6.07 Å². The summed E-state index contributed by atoms with van der Waals surface area (Å²) in [5.41, 5.74) is 2.34. The van der Waals surface area contributed by atoms with Crippen LogP contribution >= 0.6 is 15.9 Å². The zero-order valence-corrected chi connectivity index (χ0v) is 10.4. The third-order valence-electron chi connectivity index (χ3n) is 2.86. The molecule has 0 saturated heterocycles. The Bertz CT molecular complexity index is 825. The number of rotatable bonds is 0. The summed E-state index contributed by atoms with van der Waals surface area (Å²) in [6.07, 6.45) is 0. The lowest BCUT2D eigenvalue weighted by Crippen LogP contribution is -2.04. The van der Waals surface area contributed by atoms with Crippen molar-refractivity contribution in [1.29, 1.82) is 0 Å². The van der Waals surface area contributed by atoms with E-state index in [1.165, 1.54) is 4.52 Å². The van der Waals surface area contributed by atoms with Gasteiger partial charge in [0.2, 0.25) is 10.5 Å². The smallest absolute Gasteiger partial charge is 0.273 e. The SMILES string of the molecule is O=C1c2ccccc2-c2nn3c(Br)nnc3nc21. The van der Waals surface area contributed by atoms with Crippen molar-refractivity contribution in [2.45, 2.75) is 0 Å². The highest BCUT2D eigenvalue weighted by molar-refractivity contribution is 9.10. The zero-order chi connectivity index (χ0) is 12.3. The fourth-order valence-electron chi connectivity index (χ4n) is 2.06.